The van der Waals surface area contributed by atoms with Crippen LogP contribution < -0.4 is 5.56 Å². The fourth-order valence-electron chi connectivity index (χ4n) is 3.72. The van der Waals surface area contributed by atoms with Crippen LogP contribution in [0.15, 0.2) is 41.5 Å². The fraction of sp³-hybridized carbons (Fsp3) is 0.444. The van der Waals surface area contributed by atoms with Crippen molar-refractivity contribution < 1.29 is 8.78 Å². The van der Waals surface area contributed by atoms with Crippen LogP contribution in [0.3, 0.4) is 0 Å². The number of aromatic nitrogens is 5. The quantitative estimate of drug-likeness (QED) is 0.661. The third-order valence-electron chi connectivity index (χ3n) is 4.96. The van der Waals surface area contributed by atoms with E-state index in [1.807, 2.05) is 0 Å². The Morgan fingerprint density at radius 2 is 2.07 bits per heavy atom. The van der Waals surface area contributed by atoms with Crippen LogP contribution in [0.1, 0.15) is 24.7 Å². The van der Waals surface area contributed by atoms with Gasteiger partial charge in [0.05, 0.1) is 36.2 Å². The molecule has 1 aromatic carbocycles. The van der Waals surface area contributed by atoms with Crippen molar-refractivity contribution in [3.63, 3.8) is 0 Å². The van der Waals surface area contributed by atoms with Gasteiger partial charge in [0.2, 0.25) is 0 Å². The maximum atomic E-state index is 13.2. The summed E-state index contributed by atoms with van der Waals surface area (Å²) < 4.78 is 29.2. The lowest BCUT2D eigenvalue weighted by Gasteiger charge is -2.26. The van der Waals surface area contributed by atoms with Crippen LogP contribution in [-0.2, 0) is 13.1 Å². The Balaban J connectivity index is 1.71. The van der Waals surface area contributed by atoms with Crippen LogP contribution in [0.4, 0.5) is 8.78 Å². The number of nitrogens with zero attached hydrogens (tertiary/aromatic N) is 6. The Hall–Kier alpha value is -2.68. The predicted molar refractivity (Wildman–Crippen MR) is 95.6 cm³/mol. The molecule has 0 N–H and O–H groups in total. The van der Waals surface area contributed by atoms with Crippen molar-refractivity contribution in [2.45, 2.75) is 38.4 Å². The summed E-state index contributed by atoms with van der Waals surface area (Å²) in [6.45, 7) is 1.52. The molecule has 1 saturated heterocycles. The second-order valence-corrected chi connectivity index (χ2v) is 6.65. The number of benzene rings is 1. The highest BCUT2D eigenvalue weighted by Crippen LogP contribution is 2.31. The van der Waals surface area contributed by atoms with E-state index in [1.165, 1.54) is 0 Å². The van der Waals surface area contributed by atoms with Gasteiger partial charge in [0.25, 0.3) is 12.0 Å². The summed E-state index contributed by atoms with van der Waals surface area (Å²) in [4.78, 5) is 19.6. The third-order valence-corrected chi connectivity index (χ3v) is 4.96. The average Bonchev–Trinajstić information content (AvgIpc) is 3.33. The lowest BCUT2D eigenvalue weighted by Crippen LogP contribution is -2.35. The van der Waals surface area contributed by atoms with Gasteiger partial charge in [-0.2, -0.15) is 0 Å². The van der Waals surface area contributed by atoms with Gasteiger partial charge in [-0.15, -0.1) is 5.10 Å². The number of halogens is 2. The van der Waals surface area contributed by atoms with Crippen molar-refractivity contribution in [1.29, 1.82) is 0 Å². The standard InChI is InChI=1S/C18H20F2N6O/c19-16(20)12-26-17(22-14-5-2-1-4-13(14)18(26)27)15-6-3-8-24(15)10-11-25-9-7-21-23-25/h1-2,4-5,7,9,15-16H,3,6,8,10-12H2. The SMILES string of the molecule is O=c1c2ccccc2nc(C2CCCN2CCn2ccnn2)n1CC(F)F. The molecule has 1 unspecified atom stereocenters. The minimum Gasteiger partial charge on any atom is -0.292 e. The van der Waals surface area contributed by atoms with Crippen LogP contribution >= 0.6 is 0 Å². The predicted octanol–water partition coefficient (Wildman–Crippen LogP) is 2.09. The lowest BCUT2D eigenvalue weighted by atomic mass is 10.1. The molecule has 3 heterocycles. The summed E-state index contributed by atoms with van der Waals surface area (Å²) in [5.41, 5.74) is 0.144. The molecule has 9 heteroatoms. The summed E-state index contributed by atoms with van der Waals surface area (Å²) in [7, 11) is 0. The molecule has 2 aromatic heterocycles. The summed E-state index contributed by atoms with van der Waals surface area (Å²) >= 11 is 0. The van der Waals surface area contributed by atoms with Crippen molar-refractivity contribution in [3.8, 4) is 0 Å². The number of fused-ring (bicyclic) bond motifs is 1. The Kier molecular flexibility index (Phi) is 4.93. The highest BCUT2D eigenvalue weighted by atomic mass is 19.3. The van der Waals surface area contributed by atoms with Crippen molar-refractivity contribution in [2.24, 2.45) is 0 Å². The van der Waals surface area contributed by atoms with Crippen LogP contribution in [0.2, 0.25) is 0 Å². The Labute approximate surface area is 154 Å². The van der Waals surface area contributed by atoms with Gasteiger partial charge >= 0.3 is 0 Å². The van der Waals surface area contributed by atoms with E-state index in [4.69, 9.17) is 0 Å². The van der Waals surface area contributed by atoms with Crippen molar-refractivity contribution in [1.82, 2.24) is 29.4 Å². The van der Waals surface area contributed by atoms with Gasteiger partial charge in [0.1, 0.15) is 5.82 Å². The van der Waals surface area contributed by atoms with Gasteiger partial charge in [0.15, 0.2) is 0 Å². The van der Waals surface area contributed by atoms with E-state index in [0.717, 1.165) is 24.0 Å². The zero-order chi connectivity index (χ0) is 18.8. The first-order valence-corrected chi connectivity index (χ1v) is 8.99. The third kappa shape index (κ3) is 3.59. The summed E-state index contributed by atoms with van der Waals surface area (Å²) in [6.07, 6.45) is 2.50. The molecule has 0 aliphatic carbocycles. The Bertz CT molecular complexity index is 972. The van der Waals surface area contributed by atoms with Crippen LogP contribution in [-0.4, -0.2) is 49.0 Å². The van der Waals surface area contributed by atoms with E-state index in [9.17, 15) is 13.6 Å². The first-order chi connectivity index (χ1) is 13.1. The number of para-hydroxylation sites is 1. The van der Waals surface area contributed by atoms with E-state index in [2.05, 4.69) is 20.2 Å². The van der Waals surface area contributed by atoms with Gasteiger partial charge in [-0.1, -0.05) is 17.3 Å². The maximum absolute atomic E-state index is 13.2. The molecule has 0 radical (unpaired) electrons. The topological polar surface area (TPSA) is 68.8 Å². The molecular formula is C18H20F2N6O. The smallest absolute Gasteiger partial charge is 0.261 e. The average molecular weight is 374 g/mol. The highest BCUT2D eigenvalue weighted by Gasteiger charge is 2.30. The van der Waals surface area contributed by atoms with Crippen LogP contribution in [0.25, 0.3) is 10.9 Å². The molecule has 27 heavy (non-hydrogen) atoms. The molecule has 1 fully saturated rings. The van der Waals surface area contributed by atoms with E-state index < -0.39 is 18.5 Å². The van der Waals surface area contributed by atoms with E-state index in [1.54, 1.807) is 41.3 Å². The van der Waals surface area contributed by atoms with E-state index >= 15 is 0 Å². The molecule has 0 amide bonds. The minimum absolute atomic E-state index is 0.162. The molecule has 7 nitrogen and oxygen atoms in total. The van der Waals surface area contributed by atoms with Crippen molar-refractivity contribution in [3.05, 3.63) is 52.8 Å². The largest absolute Gasteiger partial charge is 0.292 e. The van der Waals surface area contributed by atoms with Gasteiger partial charge in [-0.25, -0.2) is 13.8 Å². The zero-order valence-electron chi connectivity index (χ0n) is 14.7. The van der Waals surface area contributed by atoms with Crippen LogP contribution in [0.5, 0.6) is 0 Å². The molecule has 1 aliphatic rings. The molecule has 0 spiro atoms. The summed E-state index contributed by atoms with van der Waals surface area (Å²) in [5.74, 6) is 0.426. The molecule has 1 aliphatic heterocycles. The molecule has 3 aromatic rings. The zero-order valence-corrected chi connectivity index (χ0v) is 14.7. The number of hydrogen-bond acceptors (Lipinski definition) is 5. The Morgan fingerprint density at radius 3 is 2.85 bits per heavy atom. The molecule has 4 rings (SSSR count). The number of rotatable bonds is 6. The number of hydrogen-bond donors (Lipinski definition) is 0. The summed E-state index contributed by atoms with van der Waals surface area (Å²) in [5, 5.41) is 8.12. The minimum atomic E-state index is -2.62. The highest BCUT2D eigenvalue weighted by molar-refractivity contribution is 5.77. The monoisotopic (exact) mass is 374 g/mol. The van der Waals surface area contributed by atoms with Crippen molar-refractivity contribution >= 4 is 10.9 Å². The summed E-state index contributed by atoms with van der Waals surface area (Å²) in [6, 6.07) is 6.74. The number of likely N-dealkylation sites (tertiary alicyclic amines) is 1. The Morgan fingerprint density at radius 1 is 1.22 bits per heavy atom. The van der Waals surface area contributed by atoms with Gasteiger partial charge in [-0.3, -0.25) is 18.9 Å². The second-order valence-electron chi connectivity index (χ2n) is 6.65. The first-order valence-electron chi connectivity index (χ1n) is 8.99. The molecule has 0 saturated carbocycles. The number of alkyl halides is 2. The normalized spacial score (nSPS) is 18.0. The molecule has 142 valence electrons. The molecule has 1 atom stereocenters. The lowest BCUT2D eigenvalue weighted by molar-refractivity contribution is 0.120. The molecule has 0 bridgehead atoms. The van der Waals surface area contributed by atoms with Crippen LogP contribution in [0, 0.1) is 0 Å². The molecular weight excluding hydrogens is 354 g/mol. The second kappa shape index (κ2) is 7.51. The van der Waals surface area contributed by atoms with Gasteiger partial charge in [-0.05, 0) is 31.5 Å². The fourth-order valence-corrected chi connectivity index (χ4v) is 3.72. The van der Waals surface area contributed by atoms with E-state index in [0.29, 0.717) is 29.8 Å². The van der Waals surface area contributed by atoms with Gasteiger partial charge < -0.3 is 0 Å². The first kappa shape index (κ1) is 17.7. The maximum Gasteiger partial charge on any atom is 0.261 e. The van der Waals surface area contributed by atoms with Gasteiger partial charge in [0, 0.05) is 12.7 Å². The van der Waals surface area contributed by atoms with E-state index in [-0.39, 0.29) is 6.04 Å². The van der Waals surface area contributed by atoms with Crippen molar-refractivity contribution in [2.75, 3.05) is 13.1 Å².